The molecule has 9 rings (SSSR count). The molecule has 5 heterocycles. The van der Waals surface area contributed by atoms with Gasteiger partial charge in [0, 0.05) is 55.2 Å². The standard InChI is InChI=1S/C50H46N4/c1-8-32-34(10-3)48-49-35(11-4)33(9-2)45(54-49)28-47-41-19-15-13-17-39(41)43(52-47)26-30-24-29(36-22-20-31(50(5,6)7)21-23-37(30)36)25-42-38-16-12-14-18-40(38)46(51-42)27-44(32)53-48/h12-22,25-28,53-54H,8-11H2,1-7H3. The van der Waals surface area contributed by atoms with Crippen molar-refractivity contribution in [1.29, 1.82) is 0 Å². The highest BCUT2D eigenvalue weighted by molar-refractivity contribution is 6.27. The molecule has 10 bridgehead atoms. The van der Waals surface area contributed by atoms with Gasteiger partial charge in [-0.2, -0.15) is 0 Å². The topological polar surface area (TPSA) is 56.3 Å². The number of nitrogens with zero attached hydrogens (tertiary/aromatic N) is 2. The zero-order valence-electron chi connectivity index (χ0n) is 32.4. The molecule has 0 amide bonds. The van der Waals surface area contributed by atoms with E-state index in [4.69, 9.17) is 9.98 Å². The van der Waals surface area contributed by atoms with E-state index in [9.17, 15) is 0 Å². The Bertz CT molecular complexity index is 2900. The van der Waals surface area contributed by atoms with E-state index in [2.05, 4.69) is 161 Å². The molecule has 54 heavy (non-hydrogen) atoms. The van der Waals surface area contributed by atoms with Crippen LogP contribution in [0.1, 0.15) is 93.0 Å². The maximum Gasteiger partial charge on any atom is 0.0737 e. The van der Waals surface area contributed by atoms with Crippen LogP contribution in [0.25, 0.3) is 23.5 Å². The third-order valence-corrected chi connectivity index (χ3v) is 11.5. The number of H-pyrrole nitrogens is 2. The van der Waals surface area contributed by atoms with Crippen molar-refractivity contribution in [3.05, 3.63) is 184 Å². The van der Waals surface area contributed by atoms with Crippen LogP contribution in [-0.4, -0.2) is 21.4 Å². The van der Waals surface area contributed by atoms with E-state index in [1.54, 1.807) is 0 Å². The molecule has 2 N–H and O–H groups in total. The van der Waals surface area contributed by atoms with Crippen LogP contribution in [0.3, 0.4) is 0 Å². The minimum absolute atomic E-state index is 0.0180. The number of hydrogen-bond donors (Lipinski definition) is 2. The van der Waals surface area contributed by atoms with Gasteiger partial charge in [0.25, 0.3) is 0 Å². The van der Waals surface area contributed by atoms with Gasteiger partial charge in [-0.15, -0.1) is 11.5 Å². The Hall–Kier alpha value is -5.92. The van der Waals surface area contributed by atoms with Crippen molar-refractivity contribution in [2.45, 2.75) is 74.1 Å². The lowest BCUT2D eigenvalue weighted by Crippen LogP contribution is -2.12. The highest BCUT2D eigenvalue weighted by Gasteiger charge is 2.27. The molecule has 0 unspecified atom stereocenters. The molecule has 266 valence electrons. The van der Waals surface area contributed by atoms with Crippen molar-refractivity contribution < 1.29 is 0 Å². The average Bonchev–Trinajstić information content (AvgIpc) is 3.93. The Labute approximate surface area is 317 Å². The van der Waals surface area contributed by atoms with Crippen molar-refractivity contribution in [3.63, 3.8) is 0 Å². The molecule has 0 fully saturated rings. The summed E-state index contributed by atoms with van der Waals surface area (Å²) in [7, 11) is 0. The summed E-state index contributed by atoms with van der Waals surface area (Å²) in [5, 5.41) is 4.63. The fourth-order valence-electron chi connectivity index (χ4n) is 8.75. The summed E-state index contributed by atoms with van der Waals surface area (Å²) in [6, 6.07) is 17.2. The average molecular weight is 703 g/mol. The molecule has 4 aromatic rings. The Balaban J connectivity index is 1.43. The first-order valence-corrected chi connectivity index (χ1v) is 19.6. The molecule has 0 saturated carbocycles. The monoisotopic (exact) mass is 702 g/mol. The van der Waals surface area contributed by atoms with Gasteiger partial charge >= 0.3 is 0 Å². The van der Waals surface area contributed by atoms with Crippen LogP contribution >= 0.6 is 0 Å². The zero-order chi connectivity index (χ0) is 37.3. The van der Waals surface area contributed by atoms with E-state index >= 15 is 0 Å². The maximum atomic E-state index is 5.37. The summed E-state index contributed by atoms with van der Waals surface area (Å²) < 4.78 is 0. The van der Waals surface area contributed by atoms with E-state index in [-0.39, 0.29) is 5.41 Å². The van der Waals surface area contributed by atoms with Gasteiger partial charge < -0.3 is 9.97 Å². The SMILES string of the molecule is CCc1c(CC)c2[nH]c1=CC1=NC(=CC3=C=C(C=C4N=C(C=c5[nH]c=2c(CC)c5CC)c2ccccc24)C2=CC=C(C(C)(C)C)C=C=C32)c2ccccc21. The second-order valence-electron chi connectivity index (χ2n) is 15.7. The van der Waals surface area contributed by atoms with E-state index in [0.29, 0.717) is 0 Å². The second kappa shape index (κ2) is 12.9. The van der Waals surface area contributed by atoms with Crippen LogP contribution < -0.4 is 10.7 Å². The lowest BCUT2D eigenvalue weighted by atomic mass is 9.86. The minimum atomic E-state index is -0.0180. The molecule has 5 aliphatic rings. The molecule has 4 heteroatoms. The largest absolute Gasteiger partial charge is 0.353 e. The van der Waals surface area contributed by atoms with Crippen LogP contribution in [0.2, 0.25) is 0 Å². The third kappa shape index (κ3) is 5.37. The van der Waals surface area contributed by atoms with Gasteiger partial charge in [0.1, 0.15) is 0 Å². The number of aromatic nitrogens is 2. The molecule has 3 aliphatic heterocycles. The van der Waals surface area contributed by atoms with Crippen molar-refractivity contribution >= 4 is 35.0 Å². The molecule has 0 spiro atoms. The number of hydrogen-bond acceptors (Lipinski definition) is 2. The summed E-state index contributed by atoms with van der Waals surface area (Å²) >= 11 is 0. The number of fused-ring (bicyclic) bond motifs is 15. The van der Waals surface area contributed by atoms with E-state index < -0.39 is 0 Å². The molecule has 0 radical (unpaired) electrons. The highest BCUT2D eigenvalue weighted by atomic mass is 14.8. The minimum Gasteiger partial charge on any atom is -0.353 e. The van der Waals surface area contributed by atoms with Gasteiger partial charge in [-0.25, -0.2) is 9.98 Å². The highest BCUT2D eigenvalue weighted by Crippen LogP contribution is 2.41. The van der Waals surface area contributed by atoms with Gasteiger partial charge in [0.05, 0.1) is 33.5 Å². The Kier molecular flexibility index (Phi) is 8.09. The quantitative estimate of drug-likeness (QED) is 0.199. The molecule has 2 aromatic heterocycles. The summed E-state index contributed by atoms with van der Waals surface area (Å²) in [6.45, 7) is 15.8. The third-order valence-electron chi connectivity index (χ3n) is 11.5. The normalized spacial score (nSPS) is 16.6. The van der Waals surface area contributed by atoms with Gasteiger partial charge in [-0.1, -0.05) is 109 Å². The van der Waals surface area contributed by atoms with Crippen LogP contribution in [0.5, 0.6) is 0 Å². The molecule has 2 aliphatic carbocycles. The first-order valence-electron chi connectivity index (χ1n) is 19.6. The van der Waals surface area contributed by atoms with Crippen LogP contribution in [0, 0.1) is 16.1 Å². The molecule has 4 nitrogen and oxygen atoms in total. The van der Waals surface area contributed by atoms with Gasteiger partial charge in [-0.05, 0) is 89.3 Å². The zero-order valence-corrected chi connectivity index (χ0v) is 32.4. The predicted octanol–water partition coefficient (Wildman–Crippen LogP) is 9.60. The molecule has 0 atom stereocenters. The number of rotatable bonds is 4. The summed E-state index contributed by atoms with van der Waals surface area (Å²) in [5.74, 6) is 0. The lowest BCUT2D eigenvalue weighted by Gasteiger charge is -2.18. The van der Waals surface area contributed by atoms with Gasteiger partial charge in [0.15, 0.2) is 0 Å². The fraction of sp³-hybridized carbons (Fsp3) is 0.240. The van der Waals surface area contributed by atoms with E-state index in [1.807, 2.05) is 0 Å². The number of allylic oxidation sites excluding steroid dienone is 8. The first-order chi connectivity index (χ1) is 26.2. The second-order valence-corrected chi connectivity index (χ2v) is 15.7. The predicted molar refractivity (Wildman–Crippen MR) is 225 cm³/mol. The van der Waals surface area contributed by atoms with Crippen molar-refractivity contribution in [2.75, 3.05) is 0 Å². The van der Waals surface area contributed by atoms with Crippen LogP contribution in [0.4, 0.5) is 0 Å². The Morgan fingerprint density at radius 1 is 0.574 bits per heavy atom. The van der Waals surface area contributed by atoms with Gasteiger partial charge in [0.2, 0.25) is 0 Å². The van der Waals surface area contributed by atoms with Crippen molar-refractivity contribution in [2.24, 2.45) is 15.4 Å². The maximum absolute atomic E-state index is 5.37. The number of aliphatic imine (C=N–C) groups is 2. The van der Waals surface area contributed by atoms with Crippen molar-refractivity contribution in [3.8, 4) is 0 Å². The lowest BCUT2D eigenvalue weighted by molar-refractivity contribution is 0.517. The molecular weight excluding hydrogens is 657 g/mol. The Morgan fingerprint density at radius 2 is 1.06 bits per heavy atom. The number of benzene rings is 2. The first kappa shape index (κ1) is 33.9. The van der Waals surface area contributed by atoms with E-state index in [0.717, 1.165) is 104 Å². The molecular formula is C50H46N4. The summed E-state index contributed by atoms with van der Waals surface area (Å²) in [4.78, 5) is 18.6. The molecule has 0 saturated heterocycles. The summed E-state index contributed by atoms with van der Waals surface area (Å²) in [5.41, 5.74) is 26.6. The molecule has 2 aromatic carbocycles. The summed E-state index contributed by atoms with van der Waals surface area (Å²) in [6.07, 6.45) is 19.3. The fourth-order valence-corrected chi connectivity index (χ4v) is 8.75. The van der Waals surface area contributed by atoms with Crippen molar-refractivity contribution in [1.82, 2.24) is 9.97 Å². The number of nitrogens with one attached hydrogen (secondary N) is 2. The van der Waals surface area contributed by atoms with Crippen LogP contribution in [-0.2, 0) is 25.7 Å². The van der Waals surface area contributed by atoms with Gasteiger partial charge in [-0.3, -0.25) is 0 Å². The van der Waals surface area contributed by atoms with E-state index in [1.165, 1.54) is 38.5 Å². The van der Waals surface area contributed by atoms with Crippen LogP contribution in [0.15, 0.2) is 128 Å². The smallest absolute Gasteiger partial charge is 0.0737 e. The number of aromatic amines is 2. The Morgan fingerprint density at radius 3 is 1.54 bits per heavy atom.